The maximum absolute atomic E-state index is 13.7. The molecule has 2 rings (SSSR count). The second kappa shape index (κ2) is 7.00. The third kappa shape index (κ3) is 3.90. The van der Waals surface area contributed by atoms with Gasteiger partial charge in [0.25, 0.3) is 0 Å². The van der Waals surface area contributed by atoms with Crippen molar-refractivity contribution in [3.8, 4) is 0 Å². The monoisotopic (exact) mass is 335 g/mol. The fraction of sp³-hybridized carbons (Fsp3) is 0.294. The van der Waals surface area contributed by atoms with Crippen molar-refractivity contribution < 1.29 is 4.39 Å². The van der Waals surface area contributed by atoms with Crippen LogP contribution >= 0.6 is 15.9 Å². The third-order valence-electron chi connectivity index (χ3n) is 3.43. The molecule has 0 bridgehead atoms. The molecule has 0 saturated carbocycles. The van der Waals surface area contributed by atoms with Crippen molar-refractivity contribution in [3.05, 3.63) is 69.4 Å². The molecule has 0 aliphatic rings. The van der Waals surface area contributed by atoms with E-state index in [1.165, 1.54) is 17.2 Å². The molecular formula is C17H19BrFN. The summed E-state index contributed by atoms with van der Waals surface area (Å²) < 4.78 is 14.6. The van der Waals surface area contributed by atoms with Crippen LogP contribution in [-0.4, -0.2) is 0 Å². The van der Waals surface area contributed by atoms with Gasteiger partial charge in [0.15, 0.2) is 0 Å². The molecule has 106 valence electrons. The predicted molar refractivity (Wildman–Crippen MR) is 85.2 cm³/mol. The van der Waals surface area contributed by atoms with Gasteiger partial charge < -0.3 is 5.32 Å². The number of benzene rings is 2. The summed E-state index contributed by atoms with van der Waals surface area (Å²) in [6, 6.07) is 13.8. The van der Waals surface area contributed by atoms with Gasteiger partial charge in [-0.3, -0.25) is 0 Å². The lowest BCUT2D eigenvalue weighted by Gasteiger charge is -2.18. The van der Waals surface area contributed by atoms with Crippen molar-refractivity contribution in [2.45, 2.75) is 32.9 Å². The average molecular weight is 336 g/mol. The molecule has 0 saturated heterocycles. The second-order valence-electron chi connectivity index (χ2n) is 4.99. The summed E-state index contributed by atoms with van der Waals surface area (Å²) in [5, 5.41) is 3.43. The van der Waals surface area contributed by atoms with Crippen molar-refractivity contribution in [1.82, 2.24) is 5.32 Å². The fourth-order valence-corrected chi connectivity index (χ4v) is 2.62. The van der Waals surface area contributed by atoms with Gasteiger partial charge in [-0.25, -0.2) is 4.39 Å². The van der Waals surface area contributed by atoms with E-state index in [9.17, 15) is 4.39 Å². The van der Waals surface area contributed by atoms with Crippen molar-refractivity contribution in [1.29, 1.82) is 0 Å². The standard InChI is InChI=1S/C17H19BrFN/c1-3-17(13-6-4-12(2)5-7-13)20-11-14-10-15(18)8-9-16(14)19/h4-10,17,20H,3,11H2,1-2H3. The van der Waals surface area contributed by atoms with E-state index in [1.807, 2.05) is 6.07 Å². The molecule has 0 aromatic heterocycles. The molecule has 1 unspecified atom stereocenters. The largest absolute Gasteiger partial charge is 0.306 e. The molecule has 0 aliphatic carbocycles. The molecule has 0 aliphatic heterocycles. The Bertz CT molecular complexity index is 566. The van der Waals surface area contributed by atoms with E-state index in [2.05, 4.69) is 59.4 Å². The Morgan fingerprint density at radius 3 is 2.50 bits per heavy atom. The highest BCUT2D eigenvalue weighted by atomic mass is 79.9. The van der Waals surface area contributed by atoms with Crippen LogP contribution in [0.2, 0.25) is 0 Å². The summed E-state index contributed by atoms with van der Waals surface area (Å²) in [5.74, 6) is -0.167. The summed E-state index contributed by atoms with van der Waals surface area (Å²) in [5.41, 5.74) is 3.18. The summed E-state index contributed by atoms with van der Waals surface area (Å²) in [6.07, 6.45) is 0.971. The summed E-state index contributed by atoms with van der Waals surface area (Å²) in [7, 11) is 0. The minimum atomic E-state index is -0.167. The lowest BCUT2D eigenvalue weighted by Crippen LogP contribution is -2.20. The molecule has 2 aromatic carbocycles. The number of hydrogen-bond donors (Lipinski definition) is 1. The first kappa shape index (κ1) is 15.2. The van der Waals surface area contributed by atoms with Crippen LogP contribution in [0.15, 0.2) is 46.9 Å². The van der Waals surface area contributed by atoms with E-state index >= 15 is 0 Å². The maximum atomic E-state index is 13.7. The van der Waals surface area contributed by atoms with Crippen molar-refractivity contribution >= 4 is 15.9 Å². The minimum Gasteiger partial charge on any atom is -0.306 e. The molecule has 0 spiro atoms. The number of halogens is 2. The highest BCUT2D eigenvalue weighted by Crippen LogP contribution is 2.20. The van der Waals surface area contributed by atoms with Crippen LogP contribution in [0.3, 0.4) is 0 Å². The Kier molecular flexibility index (Phi) is 5.32. The molecule has 1 nitrogen and oxygen atoms in total. The molecule has 1 atom stereocenters. The van der Waals surface area contributed by atoms with Gasteiger partial charge in [0.05, 0.1) is 0 Å². The first-order valence-electron chi connectivity index (χ1n) is 6.84. The third-order valence-corrected chi connectivity index (χ3v) is 3.93. The van der Waals surface area contributed by atoms with Crippen LogP contribution in [0.4, 0.5) is 4.39 Å². The van der Waals surface area contributed by atoms with Crippen LogP contribution in [-0.2, 0) is 6.54 Å². The maximum Gasteiger partial charge on any atom is 0.127 e. The zero-order valence-electron chi connectivity index (χ0n) is 11.8. The van der Waals surface area contributed by atoms with E-state index in [1.54, 1.807) is 6.07 Å². The van der Waals surface area contributed by atoms with Gasteiger partial charge in [0.1, 0.15) is 5.82 Å². The molecule has 0 radical (unpaired) electrons. The van der Waals surface area contributed by atoms with E-state index in [0.717, 1.165) is 10.9 Å². The smallest absolute Gasteiger partial charge is 0.127 e. The van der Waals surface area contributed by atoms with Crippen molar-refractivity contribution in [2.24, 2.45) is 0 Å². The van der Waals surface area contributed by atoms with E-state index in [4.69, 9.17) is 0 Å². The van der Waals surface area contributed by atoms with Gasteiger partial charge in [-0.05, 0) is 37.1 Å². The Morgan fingerprint density at radius 2 is 1.85 bits per heavy atom. The average Bonchev–Trinajstić information content (AvgIpc) is 2.45. The number of nitrogens with one attached hydrogen (secondary N) is 1. The number of rotatable bonds is 5. The van der Waals surface area contributed by atoms with Crippen LogP contribution in [0.5, 0.6) is 0 Å². The highest BCUT2D eigenvalue weighted by Gasteiger charge is 2.10. The molecular weight excluding hydrogens is 317 g/mol. The molecule has 0 heterocycles. The molecule has 3 heteroatoms. The van der Waals surface area contributed by atoms with Crippen molar-refractivity contribution in [2.75, 3.05) is 0 Å². The van der Waals surface area contributed by atoms with E-state index in [-0.39, 0.29) is 11.9 Å². The fourth-order valence-electron chi connectivity index (χ4n) is 2.21. The molecule has 0 fully saturated rings. The quantitative estimate of drug-likeness (QED) is 0.797. The Balaban J connectivity index is 2.07. The summed E-state index contributed by atoms with van der Waals surface area (Å²) in [4.78, 5) is 0. The molecule has 20 heavy (non-hydrogen) atoms. The van der Waals surface area contributed by atoms with Crippen LogP contribution < -0.4 is 5.32 Å². The van der Waals surface area contributed by atoms with E-state index in [0.29, 0.717) is 12.1 Å². The Labute approximate surface area is 128 Å². The lowest BCUT2D eigenvalue weighted by molar-refractivity contribution is 0.504. The second-order valence-corrected chi connectivity index (χ2v) is 5.90. The van der Waals surface area contributed by atoms with Crippen LogP contribution in [0.1, 0.15) is 36.1 Å². The Morgan fingerprint density at radius 1 is 1.15 bits per heavy atom. The lowest BCUT2D eigenvalue weighted by atomic mass is 10.0. The molecule has 0 amide bonds. The molecule has 2 aromatic rings. The first-order valence-corrected chi connectivity index (χ1v) is 7.63. The minimum absolute atomic E-state index is 0.167. The van der Waals surface area contributed by atoms with Crippen molar-refractivity contribution in [3.63, 3.8) is 0 Å². The van der Waals surface area contributed by atoms with Gasteiger partial charge in [-0.1, -0.05) is 52.7 Å². The van der Waals surface area contributed by atoms with E-state index < -0.39 is 0 Å². The van der Waals surface area contributed by atoms with Gasteiger partial charge in [-0.2, -0.15) is 0 Å². The SMILES string of the molecule is CCC(NCc1cc(Br)ccc1F)c1ccc(C)cc1. The zero-order chi connectivity index (χ0) is 14.5. The first-order chi connectivity index (χ1) is 9.60. The van der Waals surface area contributed by atoms with Gasteiger partial charge >= 0.3 is 0 Å². The normalized spacial score (nSPS) is 12.4. The number of aryl methyl sites for hydroxylation is 1. The van der Waals surface area contributed by atoms with Crippen LogP contribution in [0.25, 0.3) is 0 Å². The van der Waals surface area contributed by atoms with Gasteiger partial charge in [0, 0.05) is 22.6 Å². The number of hydrogen-bond acceptors (Lipinski definition) is 1. The zero-order valence-corrected chi connectivity index (χ0v) is 13.4. The summed E-state index contributed by atoms with van der Waals surface area (Å²) in [6.45, 7) is 4.74. The van der Waals surface area contributed by atoms with Gasteiger partial charge in [-0.15, -0.1) is 0 Å². The van der Waals surface area contributed by atoms with Gasteiger partial charge in [0.2, 0.25) is 0 Å². The highest BCUT2D eigenvalue weighted by molar-refractivity contribution is 9.10. The van der Waals surface area contributed by atoms with Crippen LogP contribution in [0, 0.1) is 12.7 Å². The molecule has 1 N–H and O–H groups in total. The topological polar surface area (TPSA) is 12.0 Å². The summed E-state index contributed by atoms with van der Waals surface area (Å²) >= 11 is 3.38. The Hall–Kier alpha value is -1.19. The predicted octanol–water partition coefficient (Wildman–Crippen LogP) is 5.14.